The van der Waals surface area contributed by atoms with E-state index in [1.807, 2.05) is 83.1 Å². The van der Waals surface area contributed by atoms with E-state index in [4.69, 9.17) is 27.1 Å². The van der Waals surface area contributed by atoms with Crippen LogP contribution in [-0.4, -0.2) is 76.6 Å². The Morgan fingerprint density at radius 2 is 0.315 bits per heavy atom. The van der Waals surface area contributed by atoms with E-state index in [1.165, 1.54) is 0 Å². The minimum absolute atomic E-state index is 0. The molecule has 25 heteroatoms. The van der Waals surface area contributed by atoms with Gasteiger partial charge in [-0.3, -0.25) is 0 Å². The Balaban J connectivity index is -0.000000143. The first-order chi connectivity index (χ1) is 33.7. The van der Waals surface area contributed by atoms with E-state index in [9.17, 15) is 56.8 Å². The zero-order valence-corrected chi connectivity index (χ0v) is 55.3. The zero-order chi connectivity index (χ0) is 56.7. The molecule has 0 rings (SSSR count). The van der Waals surface area contributed by atoms with E-state index in [2.05, 4.69) is 0 Å². The van der Waals surface area contributed by atoms with Gasteiger partial charge in [-0.25, -0.2) is 0 Å². The Bertz CT molecular complexity index is 1150. The van der Waals surface area contributed by atoms with E-state index in [0.717, 1.165) is 116 Å². The van der Waals surface area contributed by atoms with Crippen molar-refractivity contribution in [3.63, 3.8) is 0 Å². The normalized spacial score (nSPS) is 15.7. The van der Waals surface area contributed by atoms with Crippen LogP contribution in [0.3, 0.4) is 0 Å². The molecule has 0 saturated heterocycles. The van der Waals surface area contributed by atoms with Gasteiger partial charge in [-0.1, -0.05) is 160 Å². The van der Waals surface area contributed by atoms with Gasteiger partial charge in [-0.2, -0.15) is 0 Å². The number of hydrogen-bond acceptors (Lipinski definition) is 18. The summed E-state index contributed by atoms with van der Waals surface area (Å²) in [6.45, 7) is 25.9. The average Bonchev–Trinajstić information content (AvgIpc) is 3.31. The minimum Gasteiger partial charge on any atom is -0.778 e. The fraction of sp³-hybridized carbons (Fsp3) is 1.00. The van der Waals surface area contributed by atoms with Crippen LogP contribution in [0.4, 0.5) is 0 Å². The maximum absolute atomic E-state index is 11.1. The molecule has 0 N–H and O–H groups in total. The molecular formula is C48H108MoO18P6. The molecule has 0 fully saturated rings. The topological polar surface area (TPSA) is 296 Å². The summed E-state index contributed by atoms with van der Waals surface area (Å²) in [4.78, 5) is 66.4. The van der Waals surface area contributed by atoms with Gasteiger partial charge < -0.3 is 83.9 Å². The molecular weight excluding hydrogens is 1150 g/mol. The fourth-order valence-corrected chi connectivity index (χ4v) is 12.0. The van der Waals surface area contributed by atoms with Crippen molar-refractivity contribution < 1.29 is 105 Å². The van der Waals surface area contributed by atoms with Gasteiger partial charge in [0.25, 0.3) is 0 Å². The Morgan fingerprint density at radius 1 is 0.219 bits per heavy atom. The molecule has 18 nitrogen and oxygen atoms in total. The predicted octanol–water partition coefficient (Wildman–Crippen LogP) is 12.9. The Labute approximate surface area is 462 Å². The van der Waals surface area contributed by atoms with Gasteiger partial charge in [0.1, 0.15) is 45.6 Å². The van der Waals surface area contributed by atoms with Crippen molar-refractivity contribution in [3.8, 4) is 0 Å². The van der Waals surface area contributed by atoms with Crippen LogP contribution in [0.1, 0.15) is 237 Å². The summed E-state index contributed by atoms with van der Waals surface area (Å²) in [6, 6.07) is 0. The molecule has 0 aliphatic heterocycles. The van der Waals surface area contributed by atoms with Crippen molar-refractivity contribution in [1.29, 1.82) is 0 Å². The van der Waals surface area contributed by atoms with Crippen molar-refractivity contribution in [1.82, 2.24) is 0 Å². The molecule has 0 spiro atoms. The second-order valence-electron chi connectivity index (χ2n) is 17.2. The Hall–Kier alpha value is 1.59. The molecule has 0 aliphatic rings. The van der Waals surface area contributed by atoms with Crippen LogP contribution in [0.2, 0.25) is 0 Å². The molecule has 73 heavy (non-hydrogen) atoms. The van der Waals surface area contributed by atoms with Crippen LogP contribution < -0.4 is 29.4 Å². The SMILES string of the molecule is CCCCOP(=O)([O-])CCCC.CCCCOP(=O)([O-])CCCC.CCCCOP(=O)([O-])CCCC.CCCCOP(=O)([O-])CCCC.CCCCOP(=O)([O-])CCCC.CCCCOP(=O)([O-])CCCC.[Mo+6]. The smallest absolute Gasteiger partial charge is 0.778 e. The Kier molecular flexibility index (Phi) is 74.1. The van der Waals surface area contributed by atoms with E-state index >= 15 is 0 Å². The molecule has 0 amide bonds. The van der Waals surface area contributed by atoms with Gasteiger partial charge in [0.2, 0.25) is 0 Å². The summed E-state index contributed by atoms with van der Waals surface area (Å²) < 4.78 is 95.1. The molecule has 0 aromatic heterocycles. The largest absolute Gasteiger partial charge is 6.00 e. The quantitative estimate of drug-likeness (QED) is 0.0311. The molecule has 0 radical (unpaired) electrons. The molecule has 0 saturated carbocycles. The van der Waals surface area contributed by atoms with Crippen molar-refractivity contribution >= 4 is 45.6 Å². The number of rotatable bonds is 42. The van der Waals surface area contributed by atoms with E-state index in [1.54, 1.807) is 0 Å². The number of hydrogen-bond donors (Lipinski definition) is 0. The van der Waals surface area contributed by atoms with Crippen molar-refractivity contribution in [2.75, 3.05) is 76.6 Å². The van der Waals surface area contributed by atoms with Gasteiger partial charge in [0, 0.05) is 37.0 Å². The van der Waals surface area contributed by atoms with E-state index in [0.29, 0.717) is 78.2 Å². The van der Waals surface area contributed by atoms with E-state index in [-0.39, 0.29) is 58.0 Å². The van der Waals surface area contributed by atoms with Crippen LogP contribution in [-0.2, 0) is 75.6 Å². The third-order valence-electron chi connectivity index (χ3n) is 9.43. The molecule has 444 valence electrons. The summed E-state index contributed by atoms with van der Waals surface area (Å²) >= 11 is 0. The van der Waals surface area contributed by atoms with Gasteiger partial charge in [0.15, 0.2) is 0 Å². The van der Waals surface area contributed by atoms with Gasteiger partial charge in [-0.15, -0.1) is 0 Å². The maximum Gasteiger partial charge on any atom is 6.00 e. The monoisotopic (exact) mass is 1260 g/mol. The summed E-state index contributed by atoms with van der Waals surface area (Å²) in [6.07, 6.45) is 21.4. The van der Waals surface area contributed by atoms with Crippen LogP contribution in [0.25, 0.3) is 0 Å². The van der Waals surface area contributed by atoms with Crippen molar-refractivity contribution in [2.45, 2.75) is 237 Å². The second kappa shape index (κ2) is 61.2. The van der Waals surface area contributed by atoms with Crippen molar-refractivity contribution in [2.24, 2.45) is 0 Å². The van der Waals surface area contributed by atoms with E-state index < -0.39 is 45.6 Å². The molecule has 0 aromatic rings. The maximum atomic E-state index is 11.1. The third-order valence-corrected chi connectivity index (χ3v) is 18.1. The summed E-state index contributed by atoms with van der Waals surface area (Å²) in [5, 5.41) is 0. The first-order valence-electron chi connectivity index (χ1n) is 27.4. The molecule has 0 aromatic carbocycles. The molecule has 6 atom stereocenters. The first-order valence-corrected chi connectivity index (χ1v) is 37.8. The van der Waals surface area contributed by atoms with Crippen molar-refractivity contribution in [3.05, 3.63) is 0 Å². The second-order valence-corrected chi connectivity index (χ2v) is 28.8. The van der Waals surface area contributed by atoms with Gasteiger partial charge >= 0.3 is 21.1 Å². The standard InChI is InChI=1S/6C8H19O3P.Mo/c6*1-3-5-7-11-12(9,10)8-6-4-2;/h6*3-8H2,1-2H3,(H,9,10);/q;;;;;;+6/p-6. The molecule has 6 unspecified atom stereocenters. The predicted molar refractivity (Wildman–Crippen MR) is 289 cm³/mol. The third kappa shape index (κ3) is 82.6. The van der Waals surface area contributed by atoms with Crippen LogP contribution in [0.5, 0.6) is 0 Å². The minimum atomic E-state index is -3.49. The molecule has 0 heterocycles. The summed E-state index contributed by atoms with van der Waals surface area (Å²) in [5.74, 6) is 0. The number of unbranched alkanes of at least 4 members (excludes halogenated alkanes) is 12. The van der Waals surface area contributed by atoms with Gasteiger partial charge in [0.05, 0.1) is 39.6 Å². The molecule has 0 aliphatic carbocycles. The Morgan fingerprint density at radius 3 is 0.397 bits per heavy atom. The van der Waals surface area contributed by atoms with Crippen LogP contribution in [0, 0.1) is 0 Å². The van der Waals surface area contributed by atoms with Crippen LogP contribution in [0.15, 0.2) is 0 Å². The summed E-state index contributed by atoms with van der Waals surface area (Å²) in [7, 11) is -20.9. The van der Waals surface area contributed by atoms with Crippen LogP contribution >= 0.6 is 45.6 Å². The summed E-state index contributed by atoms with van der Waals surface area (Å²) in [5.41, 5.74) is 0. The first kappa shape index (κ1) is 88.4. The zero-order valence-electron chi connectivity index (χ0n) is 47.9. The fourth-order valence-electron chi connectivity index (χ4n) is 4.59. The van der Waals surface area contributed by atoms with Gasteiger partial charge in [-0.05, 0) is 77.0 Å². The molecule has 0 bridgehead atoms. The average molecular weight is 1260 g/mol.